The maximum absolute atomic E-state index is 11.8. The van der Waals surface area contributed by atoms with Crippen LogP contribution in [0.1, 0.15) is 24.2 Å². The van der Waals surface area contributed by atoms with Crippen molar-refractivity contribution in [3.05, 3.63) is 29.8 Å². The average molecular weight is 278 g/mol. The van der Waals surface area contributed by atoms with Crippen molar-refractivity contribution in [1.29, 1.82) is 0 Å². The zero-order chi connectivity index (χ0) is 14.5. The van der Waals surface area contributed by atoms with Gasteiger partial charge in [-0.3, -0.25) is 4.90 Å². The first-order valence-electron chi connectivity index (χ1n) is 6.95. The highest BCUT2D eigenvalue weighted by molar-refractivity contribution is 5.89. The normalized spacial score (nSPS) is 23.5. The Morgan fingerprint density at radius 3 is 2.50 bits per heavy atom. The highest BCUT2D eigenvalue weighted by Crippen LogP contribution is 2.10. The summed E-state index contributed by atoms with van der Waals surface area (Å²) in [6, 6.07) is 6.75. The third kappa shape index (κ3) is 4.21. The van der Waals surface area contributed by atoms with Crippen molar-refractivity contribution in [2.24, 2.45) is 0 Å². The van der Waals surface area contributed by atoms with Crippen molar-refractivity contribution < 1.29 is 14.3 Å². The number of hydrogen-bond acceptors (Lipinski definition) is 5. The minimum atomic E-state index is -0.306. The molecule has 2 atom stereocenters. The number of ether oxygens (including phenoxy) is 2. The highest BCUT2D eigenvalue weighted by Gasteiger charge is 2.21. The molecule has 1 fully saturated rings. The third-order valence-corrected chi connectivity index (χ3v) is 3.28. The van der Waals surface area contributed by atoms with Crippen LogP contribution in [0.2, 0.25) is 0 Å². The lowest BCUT2D eigenvalue weighted by Crippen LogP contribution is -2.46. The maximum Gasteiger partial charge on any atom is 0.338 e. The Hall–Kier alpha value is -1.59. The van der Waals surface area contributed by atoms with Crippen molar-refractivity contribution in [3.8, 4) is 0 Å². The van der Waals surface area contributed by atoms with Crippen molar-refractivity contribution in [2.45, 2.75) is 26.1 Å². The van der Waals surface area contributed by atoms with Gasteiger partial charge in [0.1, 0.15) is 6.61 Å². The molecule has 1 aliphatic rings. The molecule has 0 spiro atoms. The van der Waals surface area contributed by atoms with E-state index in [4.69, 9.17) is 15.2 Å². The molecule has 2 rings (SSSR count). The number of carbonyl (C=O) groups excluding carboxylic acids is 1. The van der Waals surface area contributed by atoms with Gasteiger partial charge in [0.15, 0.2) is 0 Å². The van der Waals surface area contributed by atoms with Crippen LogP contribution >= 0.6 is 0 Å². The van der Waals surface area contributed by atoms with Crippen LogP contribution in [-0.2, 0) is 9.47 Å². The van der Waals surface area contributed by atoms with Gasteiger partial charge in [0.2, 0.25) is 0 Å². The number of nitrogens with zero attached hydrogens (tertiary/aromatic N) is 1. The standard InChI is InChI=1S/C15H22N2O3/c1-11-9-17(10-12(2)20-11)7-8-19-15(18)13-3-5-14(16)6-4-13/h3-6,11-12H,7-10,16H2,1-2H3. The van der Waals surface area contributed by atoms with Gasteiger partial charge in [-0.15, -0.1) is 0 Å². The summed E-state index contributed by atoms with van der Waals surface area (Å²) in [5.41, 5.74) is 6.75. The molecule has 1 aromatic carbocycles. The van der Waals surface area contributed by atoms with Gasteiger partial charge in [-0.05, 0) is 38.1 Å². The molecular formula is C15H22N2O3. The first-order chi connectivity index (χ1) is 9.54. The van der Waals surface area contributed by atoms with Crippen LogP contribution in [-0.4, -0.2) is 49.3 Å². The molecule has 0 bridgehead atoms. The van der Waals surface area contributed by atoms with Crippen LogP contribution < -0.4 is 5.73 Å². The van der Waals surface area contributed by atoms with E-state index in [0.29, 0.717) is 17.9 Å². The summed E-state index contributed by atoms with van der Waals surface area (Å²) < 4.78 is 10.9. The summed E-state index contributed by atoms with van der Waals surface area (Å²) >= 11 is 0. The largest absolute Gasteiger partial charge is 0.461 e. The van der Waals surface area contributed by atoms with Crippen LogP contribution in [0.25, 0.3) is 0 Å². The lowest BCUT2D eigenvalue weighted by Gasteiger charge is -2.35. The number of nitrogens with two attached hydrogens (primary N) is 1. The SMILES string of the molecule is CC1CN(CCOC(=O)c2ccc(N)cc2)CC(C)O1. The molecule has 0 amide bonds. The molecule has 0 aliphatic carbocycles. The van der Waals surface area contributed by atoms with Crippen LogP contribution in [0, 0.1) is 0 Å². The second kappa shape index (κ2) is 6.72. The smallest absolute Gasteiger partial charge is 0.338 e. The lowest BCUT2D eigenvalue weighted by atomic mass is 10.2. The third-order valence-electron chi connectivity index (χ3n) is 3.28. The van der Waals surface area contributed by atoms with E-state index in [1.165, 1.54) is 0 Å². The Kier molecular flexibility index (Phi) is 4.98. The molecule has 5 nitrogen and oxygen atoms in total. The predicted octanol–water partition coefficient (Wildman–Crippen LogP) is 1.53. The highest BCUT2D eigenvalue weighted by atomic mass is 16.5. The molecular weight excluding hydrogens is 256 g/mol. The van der Waals surface area contributed by atoms with E-state index in [1.54, 1.807) is 24.3 Å². The van der Waals surface area contributed by atoms with Gasteiger partial charge in [0, 0.05) is 25.3 Å². The molecule has 1 aromatic rings. The van der Waals surface area contributed by atoms with Crippen LogP contribution in [0.4, 0.5) is 5.69 Å². The zero-order valence-electron chi connectivity index (χ0n) is 12.0. The number of esters is 1. The average Bonchev–Trinajstić information content (AvgIpc) is 2.38. The Balaban J connectivity index is 1.75. The van der Waals surface area contributed by atoms with Crippen molar-refractivity contribution >= 4 is 11.7 Å². The van der Waals surface area contributed by atoms with Crippen molar-refractivity contribution in [2.75, 3.05) is 32.0 Å². The van der Waals surface area contributed by atoms with Crippen LogP contribution in [0.3, 0.4) is 0 Å². The number of nitrogen functional groups attached to an aromatic ring is 1. The molecule has 20 heavy (non-hydrogen) atoms. The number of anilines is 1. The van der Waals surface area contributed by atoms with E-state index >= 15 is 0 Å². The number of benzene rings is 1. The zero-order valence-corrected chi connectivity index (χ0v) is 12.0. The number of rotatable bonds is 4. The number of hydrogen-bond donors (Lipinski definition) is 1. The molecule has 2 N–H and O–H groups in total. The van der Waals surface area contributed by atoms with Gasteiger partial charge < -0.3 is 15.2 Å². The van der Waals surface area contributed by atoms with Gasteiger partial charge in [-0.25, -0.2) is 4.79 Å². The van der Waals surface area contributed by atoms with Crippen molar-refractivity contribution in [1.82, 2.24) is 4.90 Å². The summed E-state index contributed by atoms with van der Waals surface area (Å²) in [4.78, 5) is 14.1. The molecule has 1 saturated heterocycles. The molecule has 0 aromatic heterocycles. The molecule has 110 valence electrons. The molecule has 1 heterocycles. The predicted molar refractivity (Wildman–Crippen MR) is 77.6 cm³/mol. The fourth-order valence-corrected chi connectivity index (χ4v) is 2.44. The van der Waals surface area contributed by atoms with Crippen LogP contribution in [0.5, 0.6) is 0 Å². The lowest BCUT2D eigenvalue weighted by molar-refractivity contribution is -0.0712. The second-order valence-corrected chi connectivity index (χ2v) is 5.27. The molecule has 5 heteroatoms. The number of carbonyl (C=O) groups is 1. The summed E-state index contributed by atoms with van der Waals surface area (Å²) in [5, 5.41) is 0. The molecule has 2 unspecified atom stereocenters. The van der Waals surface area contributed by atoms with E-state index in [9.17, 15) is 4.79 Å². The van der Waals surface area contributed by atoms with E-state index in [2.05, 4.69) is 18.7 Å². The summed E-state index contributed by atoms with van der Waals surface area (Å²) in [7, 11) is 0. The minimum Gasteiger partial charge on any atom is -0.461 e. The Labute approximate surface area is 119 Å². The van der Waals surface area contributed by atoms with E-state index in [0.717, 1.165) is 19.6 Å². The second-order valence-electron chi connectivity index (χ2n) is 5.27. The number of morpholine rings is 1. The van der Waals surface area contributed by atoms with Crippen molar-refractivity contribution in [3.63, 3.8) is 0 Å². The first-order valence-corrected chi connectivity index (χ1v) is 6.95. The van der Waals surface area contributed by atoms with E-state index in [-0.39, 0.29) is 18.2 Å². The summed E-state index contributed by atoms with van der Waals surface area (Å²) in [6.07, 6.45) is 0.457. The van der Waals surface area contributed by atoms with Gasteiger partial charge in [-0.2, -0.15) is 0 Å². The van der Waals surface area contributed by atoms with Crippen LogP contribution in [0.15, 0.2) is 24.3 Å². The minimum absolute atomic E-state index is 0.228. The Morgan fingerprint density at radius 2 is 1.90 bits per heavy atom. The monoisotopic (exact) mass is 278 g/mol. The molecule has 0 saturated carbocycles. The Bertz CT molecular complexity index is 437. The van der Waals surface area contributed by atoms with Gasteiger partial charge in [0.05, 0.1) is 17.8 Å². The quantitative estimate of drug-likeness (QED) is 0.668. The molecule has 1 aliphatic heterocycles. The van der Waals surface area contributed by atoms with Gasteiger partial charge in [0.25, 0.3) is 0 Å². The summed E-state index contributed by atoms with van der Waals surface area (Å²) in [5.74, 6) is -0.306. The first kappa shape index (κ1) is 14.8. The topological polar surface area (TPSA) is 64.8 Å². The molecule has 0 radical (unpaired) electrons. The summed E-state index contributed by atoms with van der Waals surface area (Å²) in [6.45, 7) is 7.00. The van der Waals surface area contributed by atoms with Gasteiger partial charge in [-0.1, -0.05) is 0 Å². The van der Waals surface area contributed by atoms with E-state index in [1.807, 2.05) is 0 Å². The Morgan fingerprint density at radius 1 is 1.30 bits per heavy atom. The van der Waals surface area contributed by atoms with E-state index < -0.39 is 0 Å². The fraction of sp³-hybridized carbons (Fsp3) is 0.533. The maximum atomic E-state index is 11.8. The van der Waals surface area contributed by atoms with Gasteiger partial charge >= 0.3 is 5.97 Å². The fourth-order valence-electron chi connectivity index (χ4n) is 2.44.